The first-order valence-electron chi connectivity index (χ1n) is 6.95. The fourth-order valence-electron chi connectivity index (χ4n) is 2.88. The van der Waals surface area contributed by atoms with E-state index in [4.69, 9.17) is 0 Å². The standard InChI is InChI=1S/C14H27NO/c1-5-9-10-12-11-14(12,6-2)13(16)15(7-3)8-4/h12H,5-11H2,1-4H3/t12-,14-/m1/s1. The van der Waals surface area contributed by atoms with Crippen molar-refractivity contribution in [1.82, 2.24) is 4.90 Å². The zero-order chi connectivity index (χ0) is 12.2. The Balaban J connectivity index is 2.59. The van der Waals surface area contributed by atoms with Crippen LogP contribution < -0.4 is 0 Å². The van der Waals surface area contributed by atoms with Crippen LogP contribution in [0.25, 0.3) is 0 Å². The summed E-state index contributed by atoms with van der Waals surface area (Å²) in [6, 6.07) is 0. The van der Waals surface area contributed by atoms with Crippen molar-refractivity contribution in [3.8, 4) is 0 Å². The Morgan fingerprint density at radius 2 is 1.88 bits per heavy atom. The lowest BCUT2D eigenvalue weighted by Crippen LogP contribution is -2.37. The molecule has 1 rings (SSSR count). The smallest absolute Gasteiger partial charge is 0.229 e. The van der Waals surface area contributed by atoms with Gasteiger partial charge in [0.15, 0.2) is 0 Å². The van der Waals surface area contributed by atoms with Gasteiger partial charge in [0.2, 0.25) is 5.91 Å². The molecule has 1 aliphatic rings. The Hall–Kier alpha value is -0.530. The van der Waals surface area contributed by atoms with E-state index in [0.29, 0.717) is 11.8 Å². The summed E-state index contributed by atoms with van der Waals surface area (Å²) in [7, 11) is 0. The van der Waals surface area contributed by atoms with Crippen molar-refractivity contribution < 1.29 is 4.79 Å². The Kier molecular flexibility index (Phi) is 4.82. The van der Waals surface area contributed by atoms with E-state index < -0.39 is 0 Å². The third-order valence-corrected chi connectivity index (χ3v) is 4.25. The Morgan fingerprint density at radius 1 is 1.25 bits per heavy atom. The molecular formula is C14H27NO. The van der Waals surface area contributed by atoms with E-state index in [0.717, 1.165) is 25.9 Å². The minimum Gasteiger partial charge on any atom is -0.343 e. The highest BCUT2D eigenvalue weighted by atomic mass is 16.2. The first kappa shape index (κ1) is 13.5. The second kappa shape index (κ2) is 5.70. The predicted molar refractivity (Wildman–Crippen MR) is 68.3 cm³/mol. The number of carbonyl (C=O) groups is 1. The van der Waals surface area contributed by atoms with Crippen LogP contribution in [-0.2, 0) is 4.79 Å². The average molecular weight is 225 g/mol. The molecule has 0 radical (unpaired) electrons. The van der Waals surface area contributed by atoms with E-state index in [1.165, 1.54) is 19.3 Å². The summed E-state index contributed by atoms with van der Waals surface area (Å²) in [5.41, 5.74) is 0.0290. The fraction of sp³-hybridized carbons (Fsp3) is 0.929. The minimum atomic E-state index is 0.0290. The quantitative estimate of drug-likeness (QED) is 0.650. The number of hydrogen-bond acceptors (Lipinski definition) is 1. The van der Waals surface area contributed by atoms with Gasteiger partial charge in [-0.05, 0) is 39.0 Å². The Bertz CT molecular complexity index is 235. The summed E-state index contributed by atoms with van der Waals surface area (Å²) in [6.45, 7) is 10.3. The molecule has 16 heavy (non-hydrogen) atoms. The zero-order valence-electron chi connectivity index (χ0n) is 11.4. The number of unbranched alkanes of at least 4 members (excludes halogenated alkanes) is 1. The van der Waals surface area contributed by atoms with E-state index in [9.17, 15) is 4.79 Å². The van der Waals surface area contributed by atoms with Gasteiger partial charge in [-0.15, -0.1) is 0 Å². The van der Waals surface area contributed by atoms with Crippen LogP contribution in [0, 0.1) is 11.3 Å². The predicted octanol–water partition coefficient (Wildman–Crippen LogP) is 3.46. The molecule has 0 aromatic rings. The first-order chi connectivity index (χ1) is 7.66. The third-order valence-electron chi connectivity index (χ3n) is 4.25. The summed E-state index contributed by atoms with van der Waals surface area (Å²) < 4.78 is 0. The van der Waals surface area contributed by atoms with Crippen molar-refractivity contribution in [2.24, 2.45) is 11.3 Å². The highest BCUT2D eigenvalue weighted by Crippen LogP contribution is 2.58. The van der Waals surface area contributed by atoms with Crippen molar-refractivity contribution in [2.75, 3.05) is 13.1 Å². The third kappa shape index (κ3) is 2.41. The molecule has 0 aromatic heterocycles. The fourth-order valence-corrected chi connectivity index (χ4v) is 2.88. The van der Waals surface area contributed by atoms with Crippen molar-refractivity contribution in [1.29, 1.82) is 0 Å². The number of amides is 1. The van der Waals surface area contributed by atoms with E-state index in [1.807, 2.05) is 4.90 Å². The second-order valence-corrected chi connectivity index (χ2v) is 5.03. The summed E-state index contributed by atoms with van der Waals surface area (Å²) in [5, 5.41) is 0. The van der Waals surface area contributed by atoms with Crippen molar-refractivity contribution in [3.05, 3.63) is 0 Å². The van der Waals surface area contributed by atoms with E-state index in [1.54, 1.807) is 0 Å². The molecular weight excluding hydrogens is 198 g/mol. The average Bonchev–Trinajstić information content (AvgIpc) is 3.03. The largest absolute Gasteiger partial charge is 0.343 e. The van der Waals surface area contributed by atoms with Crippen molar-refractivity contribution in [3.63, 3.8) is 0 Å². The van der Waals surface area contributed by atoms with Crippen LogP contribution in [0.5, 0.6) is 0 Å². The monoisotopic (exact) mass is 225 g/mol. The highest BCUT2D eigenvalue weighted by molar-refractivity contribution is 5.86. The Labute approximate surface area is 100 Å². The summed E-state index contributed by atoms with van der Waals surface area (Å²) in [6.07, 6.45) is 5.93. The van der Waals surface area contributed by atoms with Crippen LogP contribution in [0.4, 0.5) is 0 Å². The maximum absolute atomic E-state index is 12.4. The number of hydrogen-bond donors (Lipinski definition) is 0. The normalized spacial score (nSPS) is 27.9. The van der Waals surface area contributed by atoms with Gasteiger partial charge in [-0.2, -0.15) is 0 Å². The van der Waals surface area contributed by atoms with E-state index in [2.05, 4.69) is 27.7 Å². The van der Waals surface area contributed by atoms with Crippen LogP contribution >= 0.6 is 0 Å². The first-order valence-corrected chi connectivity index (χ1v) is 6.95. The SMILES string of the molecule is CCCC[C@@H]1C[C@@]1(CC)C(=O)N(CC)CC. The lowest BCUT2D eigenvalue weighted by atomic mass is 9.95. The lowest BCUT2D eigenvalue weighted by Gasteiger charge is -2.25. The van der Waals surface area contributed by atoms with Gasteiger partial charge in [0, 0.05) is 13.1 Å². The zero-order valence-corrected chi connectivity index (χ0v) is 11.4. The molecule has 1 saturated carbocycles. The van der Waals surface area contributed by atoms with Gasteiger partial charge in [0.1, 0.15) is 0 Å². The van der Waals surface area contributed by atoms with Crippen molar-refractivity contribution in [2.45, 2.75) is 59.8 Å². The van der Waals surface area contributed by atoms with Crippen LogP contribution in [0.3, 0.4) is 0 Å². The molecule has 0 bridgehead atoms. The van der Waals surface area contributed by atoms with Gasteiger partial charge in [0.05, 0.1) is 5.41 Å². The molecule has 2 nitrogen and oxygen atoms in total. The van der Waals surface area contributed by atoms with Gasteiger partial charge in [-0.3, -0.25) is 4.79 Å². The number of carbonyl (C=O) groups excluding carboxylic acids is 1. The molecule has 0 heterocycles. The maximum Gasteiger partial charge on any atom is 0.229 e. The molecule has 0 unspecified atom stereocenters. The molecule has 1 amide bonds. The number of nitrogens with zero attached hydrogens (tertiary/aromatic N) is 1. The molecule has 1 aliphatic carbocycles. The van der Waals surface area contributed by atoms with Gasteiger partial charge in [-0.1, -0.05) is 26.7 Å². The Morgan fingerprint density at radius 3 is 2.31 bits per heavy atom. The maximum atomic E-state index is 12.4. The summed E-state index contributed by atoms with van der Waals surface area (Å²) in [5.74, 6) is 1.09. The lowest BCUT2D eigenvalue weighted by molar-refractivity contribution is -0.137. The molecule has 0 aliphatic heterocycles. The topological polar surface area (TPSA) is 20.3 Å². The van der Waals surface area contributed by atoms with Crippen LogP contribution in [-0.4, -0.2) is 23.9 Å². The molecule has 2 atom stereocenters. The van der Waals surface area contributed by atoms with E-state index >= 15 is 0 Å². The van der Waals surface area contributed by atoms with Gasteiger partial charge in [0.25, 0.3) is 0 Å². The van der Waals surface area contributed by atoms with Gasteiger partial charge >= 0.3 is 0 Å². The number of rotatable bonds is 7. The van der Waals surface area contributed by atoms with Gasteiger partial charge < -0.3 is 4.90 Å². The molecule has 0 saturated heterocycles. The van der Waals surface area contributed by atoms with E-state index in [-0.39, 0.29) is 5.41 Å². The van der Waals surface area contributed by atoms with Crippen molar-refractivity contribution >= 4 is 5.91 Å². The van der Waals surface area contributed by atoms with Gasteiger partial charge in [-0.25, -0.2) is 0 Å². The van der Waals surface area contributed by atoms with Crippen LogP contribution in [0.1, 0.15) is 59.8 Å². The summed E-state index contributed by atoms with van der Waals surface area (Å²) >= 11 is 0. The molecule has 1 fully saturated rings. The van der Waals surface area contributed by atoms with Crippen LogP contribution in [0.15, 0.2) is 0 Å². The molecule has 0 N–H and O–H groups in total. The van der Waals surface area contributed by atoms with Crippen LogP contribution in [0.2, 0.25) is 0 Å². The molecule has 0 aromatic carbocycles. The molecule has 2 heteroatoms. The minimum absolute atomic E-state index is 0.0290. The summed E-state index contributed by atoms with van der Waals surface area (Å²) in [4.78, 5) is 14.4. The second-order valence-electron chi connectivity index (χ2n) is 5.03. The molecule has 0 spiro atoms. The highest BCUT2D eigenvalue weighted by Gasteiger charge is 2.58. The molecule has 94 valence electrons.